The predicted molar refractivity (Wildman–Crippen MR) is 45.6 cm³/mol. The Morgan fingerprint density at radius 3 is 2.92 bits per heavy atom. The average molecular weight is 184 g/mol. The summed E-state index contributed by atoms with van der Waals surface area (Å²) in [6, 6.07) is 0. The first-order valence-electron chi connectivity index (χ1n) is 3.97. The third-order valence-electron chi connectivity index (χ3n) is 1.76. The molecule has 0 bridgehead atoms. The summed E-state index contributed by atoms with van der Waals surface area (Å²) in [5.41, 5.74) is 0.821. The molecule has 1 rings (SSSR count). The standard InChI is InChI=1S/C8H12N2O3/c1-3-10-7(5-13-2)6(4-9-10)8(11)12/h4H,3,5H2,1-2H3,(H,11,12). The number of ether oxygens (including phenoxy) is 1. The van der Waals surface area contributed by atoms with Crippen molar-refractivity contribution in [1.29, 1.82) is 0 Å². The molecule has 0 aromatic carbocycles. The molecule has 0 spiro atoms. The zero-order chi connectivity index (χ0) is 9.84. The quantitative estimate of drug-likeness (QED) is 0.749. The molecule has 1 aromatic heterocycles. The van der Waals surface area contributed by atoms with Gasteiger partial charge in [0.1, 0.15) is 5.56 Å². The van der Waals surface area contributed by atoms with E-state index in [0.29, 0.717) is 12.2 Å². The van der Waals surface area contributed by atoms with Crippen molar-refractivity contribution in [1.82, 2.24) is 9.78 Å². The van der Waals surface area contributed by atoms with Gasteiger partial charge in [0, 0.05) is 13.7 Å². The molecule has 0 unspecified atom stereocenters. The van der Waals surface area contributed by atoms with Gasteiger partial charge in [0.25, 0.3) is 0 Å². The fourth-order valence-electron chi connectivity index (χ4n) is 1.15. The van der Waals surface area contributed by atoms with E-state index in [-0.39, 0.29) is 12.2 Å². The molecular weight excluding hydrogens is 172 g/mol. The first-order valence-corrected chi connectivity index (χ1v) is 3.97. The molecule has 1 aromatic rings. The molecule has 0 aliphatic carbocycles. The minimum Gasteiger partial charge on any atom is -0.478 e. The van der Waals surface area contributed by atoms with Gasteiger partial charge in [-0.15, -0.1) is 0 Å². The maximum atomic E-state index is 10.7. The average Bonchev–Trinajstić information content (AvgIpc) is 2.48. The molecular formula is C8H12N2O3. The van der Waals surface area contributed by atoms with Gasteiger partial charge in [-0.05, 0) is 6.92 Å². The number of rotatable bonds is 4. The molecule has 72 valence electrons. The lowest BCUT2D eigenvalue weighted by Crippen LogP contribution is -2.07. The highest BCUT2D eigenvalue weighted by Gasteiger charge is 2.15. The third-order valence-corrected chi connectivity index (χ3v) is 1.76. The second-order valence-corrected chi connectivity index (χ2v) is 2.56. The van der Waals surface area contributed by atoms with Gasteiger partial charge in [0.05, 0.1) is 18.5 Å². The SMILES string of the molecule is CCn1ncc(C(=O)O)c1COC. The van der Waals surface area contributed by atoms with Crippen LogP contribution >= 0.6 is 0 Å². The molecule has 13 heavy (non-hydrogen) atoms. The number of carbonyl (C=O) groups is 1. The van der Waals surface area contributed by atoms with E-state index >= 15 is 0 Å². The summed E-state index contributed by atoms with van der Waals surface area (Å²) in [5, 5.41) is 12.7. The van der Waals surface area contributed by atoms with Crippen molar-refractivity contribution in [3.8, 4) is 0 Å². The fourth-order valence-corrected chi connectivity index (χ4v) is 1.15. The summed E-state index contributed by atoms with van der Waals surface area (Å²) in [7, 11) is 1.53. The Labute approximate surface area is 75.9 Å². The van der Waals surface area contributed by atoms with Crippen molar-refractivity contribution in [3.63, 3.8) is 0 Å². The molecule has 0 radical (unpaired) electrons. The van der Waals surface area contributed by atoms with Crippen molar-refractivity contribution in [2.45, 2.75) is 20.1 Å². The van der Waals surface area contributed by atoms with Gasteiger partial charge in [0.2, 0.25) is 0 Å². The Bertz CT molecular complexity index is 306. The van der Waals surface area contributed by atoms with Crippen LogP contribution < -0.4 is 0 Å². The van der Waals surface area contributed by atoms with Gasteiger partial charge in [-0.3, -0.25) is 4.68 Å². The summed E-state index contributed by atoms with van der Waals surface area (Å²) in [5.74, 6) is -0.966. The minimum absolute atomic E-state index is 0.212. The number of aromatic carboxylic acids is 1. The van der Waals surface area contributed by atoms with Crippen LogP contribution in [0.3, 0.4) is 0 Å². The number of carboxylic acid groups (broad SMARTS) is 1. The normalized spacial score (nSPS) is 10.3. The summed E-state index contributed by atoms with van der Waals surface area (Å²) < 4.78 is 6.51. The van der Waals surface area contributed by atoms with Gasteiger partial charge in [-0.25, -0.2) is 4.79 Å². The zero-order valence-corrected chi connectivity index (χ0v) is 7.65. The van der Waals surface area contributed by atoms with Crippen LogP contribution in [0.25, 0.3) is 0 Å². The zero-order valence-electron chi connectivity index (χ0n) is 7.65. The summed E-state index contributed by atoms with van der Waals surface area (Å²) in [6.07, 6.45) is 1.35. The topological polar surface area (TPSA) is 64.4 Å². The molecule has 0 saturated heterocycles. The largest absolute Gasteiger partial charge is 0.478 e. The van der Waals surface area contributed by atoms with Crippen LogP contribution in [0.5, 0.6) is 0 Å². The van der Waals surface area contributed by atoms with E-state index in [2.05, 4.69) is 5.10 Å². The van der Waals surface area contributed by atoms with Gasteiger partial charge in [0.15, 0.2) is 0 Å². The molecule has 5 heteroatoms. The van der Waals surface area contributed by atoms with E-state index in [1.165, 1.54) is 13.3 Å². The van der Waals surface area contributed by atoms with Crippen LogP contribution in [0.15, 0.2) is 6.20 Å². The Morgan fingerprint density at radius 2 is 2.46 bits per heavy atom. The molecule has 1 heterocycles. The Kier molecular flexibility index (Phi) is 3.02. The van der Waals surface area contributed by atoms with E-state index in [0.717, 1.165) is 0 Å². The highest BCUT2D eigenvalue weighted by atomic mass is 16.5. The maximum Gasteiger partial charge on any atom is 0.339 e. The van der Waals surface area contributed by atoms with Crippen LogP contribution in [-0.2, 0) is 17.9 Å². The first kappa shape index (κ1) is 9.73. The number of hydrogen-bond donors (Lipinski definition) is 1. The number of nitrogens with zero attached hydrogens (tertiary/aromatic N) is 2. The van der Waals surface area contributed by atoms with Crippen molar-refractivity contribution >= 4 is 5.97 Å². The highest BCUT2D eigenvalue weighted by Crippen LogP contribution is 2.09. The van der Waals surface area contributed by atoms with Crippen molar-refractivity contribution in [2.24, 2.45) is 0 Å². The number of aryl methyl sites for hydroxylation is 1. The van der Waals surface area contributed by atoms with E-state index in [1.807, 2.05) is 6.92 Å². The second kappa shape index (κ2) is 4.04. The smallest absolute Gasteiger partial charge is 0.339 e. The molecule has 0 saturated carbocycles. The monoisotopic (exact) mass is 184 g/mol. The van der Waals surface area contributed by atoms with Crippen LogP contribution in [0.2, 0.25) is 0 Å². The Balaban J connectivity index is 3.06. The van der Waals surface area contributed by atoms with Crippen LogP contribution in [-0.4, -0.2) is 28.0 Å². The lowest BCUT2D eigenvalue weighted by atomic mass is 10.2. The molecule has 0 aliphatic rings. The molecule has 5 nitrogen and oxygen atoms in total. The highest BCUT2D eigenvalue weighted by molar-refractivity contribution is 5.88. The van der Waals surface area contributed by atoms with Crippen molar-refractivity contribution < 1.29 is 14.6 Å². The Morgan fingerprint density at radius 1 is 1.77 bits per heavy atom. The van der Waals surface area contributed by atoms with Gasteiger partial charge < -0.3 is 9.84 Å². The second-order valence-electron chi connectivity index (χ2n) is 2.56. The van der Waals surface area contributed by atoms with E-state index in [1.54, 1.807) is 4.68 Å². The molecule has 0 amide bonds. The summed E-state index contributed by atoms with van der Waals surface area (Å²) in [6.45, 7) is 2.82. The van der Waals surface area contributed by atoms with Crippen molar-refractivity contribution in [2.75, 3.05) is 7.11 Å². The number of methoxy groups -OCH3 is 1. The number of carboxylic acids is 1. The van der Waals surface area contributed by atoms with Gasteiger partial charge >= 0.3 is 5.97 Å². The van der Waals surface area contributed by atoms with Gasteiger partial charge in [-0.1, -0.05) is 0 Å². The van der Waals surface area contributed by atoms with Gasteiger partial charge in [-0.2, -0.15) is 5.10 Å². The lowest BCUT2D eigenvalue weighted by molar-refractivity contribution is 0.0691. The van der Waals surface area contributed by atoms with Crippen molar-refractivity contribution in [3.05, 3.63) is 17.5 Å². The van der Waals surface area contributed by atoms with E-state index in [9.17, 15) is 4.79 Å². The lowest BCUT2D eigenvalue weighted by Gasteiger charge is -2.03. The van der Waals surface area contributed by atoms with Crippen LogP contribution in [0, 0.1) is 0 Å². The Hall–Kier alpha value is -1.36. The fraction of sp³-hybridized carbons (Fsp3) is 0.500. The summed E-state index contributed by atoms with van der Waals surface area (Å²) in [4.78, 5) is 10.7. The maximum absolute atomic E-state index is 10.7. The minimum atomic E-state index is -0.966. The molecule has 0 aliphatic heterocycles. The van der Waals surface area contributed by atoms with E-state index in [4.69, 9.17) is 9.84 Å². The van der Waals surface area contributed by atoms with Crippen LogP contribution in [0.1, 0.15) is 23.0 Å². The molecule has 0 atom stereocenters. The predicted octanol–water partition coefficient (Wildman–Crippen LogP) is 0.748. The molecule has 1 N–H and O–H groups in total. The summed E-state index contributed by atoms with van der Waals surface area (Å²) >= 11 is 0. The first-order chi connectivity index (χ1) is 6.20. The number of hydrogen-bond acceptors (Lipinski definition) is 3. The van der Waals surface area contributed by atoms with Crippen LogP contribution in [0.4, 0.5) is 0 Å². The molecule has 0 fully saturated rings. The number of aromatic nitrogens is 2. The third kappa shape index (κ3) is 1.86. The van der Waals surface area contributed by atoms with E-state index < -0.39 is 5.97 Å².